The third kappa shape index (κ3) is 3.30. The van der Waals surface area contributed by atoms with Crippen LogP contribution < -0.4 is 5.32 Å². The second-order valence-corrected chi connectivity index (χ2v) is 5.80. The maximum atomic E-state index is 5.85. The largest absolute Gasteiger partial charge is 0.374 e. The molecule has 0 aromatic carbocycles. The zero-order chi connectivity index (χ0) is 12.2. The highest BCUT2D eigenvalue weighted by atomic mass is 32.1. The number of rotatable bonds is 6. The quantitative estimate of drug-likeness (QED) is 0.822. The average molecular weight is 241 g/mol. The Morgan fingerprint density at radius 1 is 1.38 bits per heavy atom. The van der Waals surface area contributed by atoms with Crippen LogP contribution in [0.4, 0.5) is 0 Å². The summed E-state index contributed by atoms with van der Waals surface area (Å²) in [5, 5.41) is 3.52. The van der Waals surface area contributed by atoms with Gasteiger partial charge in [-0.1, -0.05) is 6.92 Å². The van der Waals surface area contributed by atoms with E-state index in [0.29, 0.717) is 0 Å². The Balaban J connectivity index is 2.89. The van der Waals surface area contributed by atoms with Gasteiger partial charge in [-0.2, -0.15) is 0 Å². The van der Waals surface area contributed by atoms with Crippen LogP contribution in [-0.2, 0) is 4.74 Å². The van der Waals surface area contributed by atoms with Crippen molar-refractivity contribution in [3.8, 4) is 0 Å². The zero-order valence-electron chi connectivity index (χ0n) is 11.0. The number of likely N-dealkylation sites (N-methyl/N-ethyl adjacent to an activating group) is 1. The van der Waals surface area contributed by atoms with Gasteiger partial charge in [-0.3, -0.25) is 0 Å². The molecule has 1 unspecified atom stereocenters. The third-order valence-corrected chi connectivity index (χ3v) is 3.73. The van der Waals surface area contributed by atoms with Gasteiger partial charge in [-0.15, -0.1) is 11.3 Å². The monoisotopic (exact) mass is 241 g/mol. The molecule has 1 atom stereocenters. The molecule has 1 N–H and O–H groups in total. The van der Waals surface area contributed by atoms with E-state index in [1.807, 2.05) is 18.3 Å². The molecule has 0 saturated carbocycles. The van der Waals surface area contributed by atoms with Gasteiger partial charge in [0.2, 0.25) is 0 Å². The fourth-order valence-corrected chi connectivity index (χ4v) is 3.09. The fourth-order valence-electron chi connectivity index (χ4n) is 1.96. The Kier molecular flexibility index (Phi) is 4.96. The van der Waals surface area contributed by atoms with Gasteiger partial charge in [0.15, 0.2) is 0 Å². The Morgan fingerprint density at radius 2 is 2.06 bits per heavy atom. The lowest BCUT2D eigenvalue weighted by Gasteiger charge is -2.34. The molecule has 1 aromatic rings. The van der Waals surface area contributed by atoms with Crippen molar-refractivity contribution >= 4 is 11.3 Å². The molecular formula is C13H23NOS. The second-order valence-electron chi connectivity index (χ2n) is 4.48. The molecule has 2 nitrogen and oxygen atoms in total. The maximum Gasteiger partial charge on any atom is 0.0828 e. The zero-order valence-corrected chi connectivity index (χ0v) is 11.8. The van der Waals surface area contributed by atoms with E-state index in [0.717, 1.165) is 13.2 Å². The Labute approximate surface area is 103 Å². The molecule has 0 bridgehead atoms. The predicted octanol–water partition coefficient (Wildman–Crippen LogP) is 3.52. The summed E-state index contributed by atoms with van der Waals surface area (Å²) in [7, 11) is 0. The number of thiophene rings is 1. The average Bonchev–Trinajstić information content (AvgIpc) is 2.60. The molecule has 0 amide bonds. The van der Waals surface area contributed by atoms with Crippen LogP contribution >= 0.6 is 11.3 Å². The Hall–Kier alpha value is -0.380. The molecule has 0 aliphatic carbocycles. The molecule has 1 rings (SSSR count). The van der Waals surface area contributed by atoms with E-state index in [9.17, 15) is 0 Å². The Morgan fingerprint density at radius 3 is 2.50 bits per heavy atom. The standard InChI is InChI=1S/C13H23NOS/c1-6-14-12(13(4,5)15-7-2)11-9-8-10(3)16-11/h8-9,12,14H,6-7H2,1-5H3. The van der Waals surface area contributed by atoms with Crippen molar-refractivity contribution in [2.75, 3.05) is 13.2 Å². The summed E-state index contributed by atoms with van der Waals surface area (Å²) in [5.74, 6) is 0. The number of aryl methyl sites for hydroxylation is 1. The Bertz CT molecular complexity index is 319. The van der Waals surface area contributed by atoms with Crippen molar-refractivity contribution in [1.82, 2.24) is 5.32 Å². The van der Waals surface area contributed by atoms with Crippen molar-refractivity contribution in [2.45, 2.75) is 46.3 Å². The molecule has 16 heavy (non-hydrogen) atoms. The third-order valence-electron chi connectivity index (χ3n) is 2.67. The minimum atomic E-state index is -0.165. The smallest absolute Gasteiger partial charge is 0.0828 e. The fraction of sp³-hybridized carbons (Fsp3) is 0.692. The van der Waals surface area contributed by atoms with Gasteiger partial charge < -0.3 is 10.1 Å². The van der Waals surface area contributed by atoms with E-state index in [4.69, 9.17) is 4.74 Å². The molecule has 0 saturated heterocycles. The molecule has 0 aliphatic rings. The van der Waals surface area contributed by atoms with Crippen LogP contribution in [0.2, 0.25) is 0 Å². The molecule has 3 heteroatoms. The topological polar surface area (TPSA) is 21.3 Å². The SMILES string of the molecule is CCNC(c1ccc(C)s1)C(C)(C)OCC. The lowest BCUT2D eigenvalue weighted by molar-refractivity contribution is -0.0380. The number of hydrogen-bond donors (Lipinski definition) is 1. The lowest BCUT2D eigenvalue weighted by atomic mass is 9.97. The van der Waals surface area contributed by atoms with E-state index >= 15 is 0 Å². The van der Waals surface area contributed by atoms with E-state index < -0.39 is 0 Å². The molecule has 1 heterocycles. The van der Waals surface area contributed by atoms with Gasteiger partial charge in [0.05, 0.1) is 11.6 Å². The van der Waals surface area contributed by atoms with Gasteiger partial charge in [0.25, 0.3) is 0 Å². The maximum absolute atomic E-state index is 5.85. The predicted molar refractivity (Wildman–Crippen MR) is 71.2 cm³/mol. The summed E-state index contributed by atoms with van der Waals surface area (Å²) in [6, 6.07) is 4.65. The van der Waals surface area contributed by atoms with Crippen LogP contribution in [-0.4, -0.2) is 18.8 Å². The van der Waals surface area contributed by atoms with Gasteiger partial charge >= 0.3 is 0 Å². The summed E-state index contributed by atoms with van der Waals surface area (Å²) in [6.45, 7) is 12.3. The van der Waals surface area contributed by atoms with Gasteiger partial charge in [0, 0.05) is 16.4 Å². The minimum absolute atomic E-state index is 0.165. The van der Waals surface area contributed by atoms with Crippen molar-refractivity contribution in [2.24, 2.45) is 0 Å². The van der Waals surface area contributed by atoms with Crippen molar-refractivity contribution < 1.29 is 4.74 Å². The summed E-state index contributed by atoms with van der Waals surface area (Å²) >= 11 is 1.85. The van der Waals surface area contributed by atoms with E-state index in [1.165, 1.54) is 9.75 Å². The highest BCUT2D eigenvalue weighted by Gasteiger charge is 2.31. The van der Waals surface area contributed by atoms with Gasteiger partial charge in [-0.05, 0) is 46.4 Å². The summed E-state index contributed by atoms with van der Waals surface area (Å²) < 4.78 is 5.85. The highest BCUT2D eigenvalue weighted by Crippen LogP contribution is 2.33. The normalized spacial score (nSPS) is 14.1. The molecule has 0 fully saturated rings. The van der Waals surface area contributed by atoms with Crippen LogP contribution in [0.1, 0.15) is 43.5 Å². The molecule has 92 valence electrons. The lowest BCUT2D eigenvalue weighted by Crippen LogP contribution is -2.41. The first-order valence-corrected chi connectivity index (χ1v) is 6.76. The first-order chi connectivity index (χ1) is 7.51. The first kappa shape index (κ1) is 13.7. The molecule has 0 spiro atoms. The summed E-state index contributed by atoms with van der Waals surface area (Å²) in [6.07, 6.45) is 0. The molecule has 0 radical (unpaired) electrons. The number of nitrogens with one attached hydrogen (secondary N) is 1. The van der Waals surface area contributed by atoms with Crippen LogP contribution in [0.3, 0.4) is 0 Å². The summed E-state index contributed by atoms with van der Waals surface area (Å²) in [5.41, 5.74) is -0.165. The van der Waals surface area contributed by atoms with Gasteiger partial charge in [0.1, 0.15) is 0 Å². The van der Waals surface area contributed by atoms with Crippen molar-refractivity contribution in [1.29, 1.82) is 0 Å². The number of hydrogen-bond acceptors (Lipinski definition) is 3. The van der Waals surface area contributed by atoms with Crippen LogP contribution in [0.15, 0.2) is 12.1 Å². The minimum Gasteiger partial charge on any atom is -0.374 e. The molecule has 1 aromatic heterocycles. The van der Waals surface area contributed by atoms with E-state index in [1.54, 1.807) is 0 Å². The molecular weight excluding hydrogens is 218 g/mol. The molecule has 0 aliphatic heterocycles. The van der Waals surface area contributed by atoms with Crippen LogP contribution in [0, 0.1) is 6.92 Å². The summed E-state index contributed by atoms with van der Waals surface area (Å²) in [4.78, 5) is 2.71. The van der Waals surface area contributed by atoms with Crippen LogP contribution in [0.25, 0.3) is 0 Å². The van der Waals surface area contributed by atoms with Crippen LogP contribution in [0.5, 0.6) is 0 Å². The van der Waals surface area contributed by atoms with Crippen molar-refractivity contribution in [3.63, 3.8) is 0 Å². The van der Waals surface area contributed by atoms with Gasteiger partial charge in [-0.25, -0.2) is 0 Å². The first-order valence-electron chi connectivity index (χ1n) is 5.95. The second kappa shape index (κ2) is 5.80. The van der Waals surface area contributed by atoms with E-state index in [2.05, 4.69) is 45.1 Å². The van der Waals surface area contributed by atoms with Crippen molar-refractivity contribution in [3.05, 3.63) is 21.9 Å². The number of ether oxygens (including phenoxy) is 1. The highest BCUT2D eigenvalue weighted by molar-refractivity contribution is 7.12. The van der Waals surface area contributed by atoms with E-state index in [-0.39, 0.29) is 11.6 Å².